The van der Waals surface area contributed by atoms with Crippen molar-refractivity contribution < 1.29 is 19.4 Å². The largest absolute Gasteiger partial charge is 0.496 e. The van der Waals surface area contributed by atoms with E-state index in [2.05, 4.69) is 4.98 Å². The maximum absolute atomic E-state index is 12.4. The monoisotopic (exact) mass is 360 g/mol. The van der Waals surface area contributed by atoms with Gasteiger partial charge in [-0.25, -0.2) is 4.98 Å². The average molecular weight is 360 g/mol. The van der Waals surface area contributed by atoms with Crippen LogP contribution in [0.15, 0.2) is 29.6 Å². The van der Waals surface area contributed by atoms with Crippen LogP contribution in [0.5, 0.6) is 5.75 Å². The predicted octanol–water partition coefficient (Wildman–Crippen LogP) is 2.68. The van der Waals surface area contributed by atoms with Crippen LogP contribution < -0.4 is 4.74 Å². The summed E-state index contributed by atoms with van der Waals surface area (Å²) < 4.78 is 5.36. The van der Waals surface area contributed by atoms with E-state index in [1.165, 1.54) is 11.3 Å². The lowest BCUT2D eigenvalue weighted by Crippen LogP contribution is -2.41. The minimum atomic E-state index is -0.770. The van der Waals surface area contributed by atoms with Gasteiger partial charge in [-0.2, -0.15) is 0 Å². The lowest BCUT2D eigenvalue weighted by molar-refractivity contribution is -0.145. The van der Waals surface area contributed by atoms with Gasteiger partial charge in [0.05, 0.1) is 30.7 Å². The summed E-state index contributed by atoms with van der Waals surface area (Å²) >= 11 is 1.49. The number of methoxy groups -OCH3 is 1. The molecule has 1 saturated heterocycles. The van der Waals surface area contributed by atoms with Crippen molar-refractivity contribution in [2.45, 2.75) is 19.3 Å². The summed E-state index contributed by atoms with van der Waals surface area (Å²) in [6, 6.07) is 7.66. The van der Waals surface area contributed by atoms with Crippen LogP contribution in [-0.4, -0.2) is 47.1 Å². The molecule has 2 aromatic rings. The first-order valence-corrected chi connectivity index (χ1v) is 9.05. The van der Waals surface area contributed by atoms with Gasteiger partial charge in [-0.05, 0) is 25.0 Å². The van der Waals surface area contributed by atoms with Gasteiger partial charge in [-0.3, -0.25) is 9.59 Å². The topological polar surface area (TPSA) is 79.7 Å². The summed E-state index contributed by atoms with van der Waals surface area (Å²) in [7, 11) is 1.62. The molecule has 0 spiro atoms. The molecule has 7 heteroatoms. The number of piperidine rings is 1. The van der Waals surface area contributed by atoms with Crippen LogP contribution in [-0.2, 0) is 16.0 Å². The van der Waals surface area contributed by atoms with Crippen LogP contribution in [0.1, 0.15) is 18.5 Å². The maximum Gasteiger partial charge on any atom is 0.306 e. The van der Waals surface area contributed by atoms with E-state index < -0.39 is 5.97 Å². The van der Waals surface area contributed by atoms with Crippen LogP contribution in [0.2, 0.25) is 0 Å². The number of para-hydroxylation sites is 1. The highest BCUT2D eigenvalue weighted by Gasteiger charge is 2.27. The minimum Gasteiger partial charge on any atom is -0.496 e. The van der Waals surface area contributed by atoms with E-state index in [1.54, 1.807) is 12.0 Å². The molecule has 6 nitrogen and oxygen atoms in total. The van der Waals surface area contributed by atoms with E-state index in [1.807, 2.05) is 29.6 Å². The number of carboxylic acids is 1. The molecule has 1 fully saturated rings. The van der Waals surface area contributed by atoms with Crippen molar-refractivity contribution in [3.05, 3.63) is 35.3 Å². The fraction of sp³-hybridized carbons (Fsp3) is 0.389. The number of nitrogens with zero attached hydrogens (tertiary/aromatic N) is 2. The Labute approximate surface area is 150 Å². The van der Waals surface area contributed by atoms with E-state index in [-0.39, 0.29) is 18.2 Å². The lowest BCUT2D eigenvalue weighted by Gasteiger charge is -2.30. The van der Waals surface area contributed by atoms with Gasteiger partial charge in [0.25, 0.3) is 0 Å². The number of carbonyl (C=O) groups excluding carboxylic acids is 1. The molecular formula is C18H20N2O4S. The number of likely N-dealkylation sites (tertiary alicyclic amines) is 1. The second-order valence-corrected chi connectivity index (χ2v) is 6.87. The Kier molecular flexibility index (Phi) is 5.33. The number of thiazole rings is 1. The Morgan fingerprint density at radius 1 is 1.32 bits per heavy atom. The Bertz CT molecular complexity index is 766. The molecule has 0 unspecified atom stereocenters. The summed E-state index contributed by atoms with van der Waals surface area (Å²) in [5, 5.41) is 11.7. The molecule has 0 aliphatic carbocycles. The highest BCUT2D eigenvalue weighted by Crippen LogP contribution is 2.32. The van der Waals surface area contributed by atoms with E-state index in [0.717, 1.165) is 22.0 Å². The first kappa shape index (κ1) is 17.4. The van der Waals surface area contributed by atoms with E-state index >= 15 is 0 Å². The number of aliphatic carboxylic acids is 1. The second kappa shape index (κ2) is 7.65. The van der Waals surface area contributed by atoms with Gasteiger partial charge in [0.2, 0.25) is 5.91 Å². The van der Waals surface area contributed by atoms with Gasteiger partial charge >= 0.3 is 5.97 Å². The van der Waals surface area contributed by atoms with Crippen molar-refractivity contribution in [2.75, 3.05) is 20.2 Å². The maximum atomic E-state index is 12.4. The average Bonchev–Trinajstić information content (AvgIpc) is 3.10. The number of aromatic nitrogens is 1. The first-order valence-electron chi connectivity index (χ1n) is 8.17. The molecule has 1 aromatic heterocycles. The lowest BCUT2D eigenvalue weighted by atomic mass is 9.97. The normalized spacial score (nSPS) is 15.2. The SMILES string of the molecule is COc1ccccc1-c1nc(CC(=O)N2CCC(C(=O)O)CC2)cs1. The van der Waals surface area contributed by atoms with E-state index in [9.17, 15) is 9.59 Å². The summed E-state index contributed by atoms with van der Waals surface area (Å²) in [4.78, 5) is 29.7. The van der Waals surface area contributed by atoms with Gasteiger partial charge < -0.3 is 14.7 Å². The fourth-order valence-electron chi connectivity index (χ4n) is 2.98. The Balaban J connectivity index is 1.64. The van der Waals surface area contributed by atoms with Gasteiger partial charge in [0.1, 0.15) is 10.8 Å². The number of benzene rings is 1. The van der Waals surface area contributed by atoms with E-state index in [0.29, 0.717) is 25.9 Å². The molecule has 0 saturated carbocycles. The number of carbonyl (C=O) groups is 2. The van der Waals surface area contributed by atoms with E-state index in [4.69, 9.17) is 9.84 Å². The van der Waals surface area contributed by atoms with Gasteiger partial charge in [-0.1, -0.05) is 12.1 Å². The summed E-state index contributed by atoms with van der Waals surface area (Å²) in [5.74, 6) is -0.347. The Morgan fingerprint density at radius 3 is 2.72 bits per heavy atom. The number of rotatable bonds is 5. The molecule has 1 amide bonds. The third kappa shape index (κ3) is 3.99. The number of carboxylic acid groups (broad SMARTS) is 1. The summed E-state index contributed by atoms with van der Waals surface area (Å²) in [5.41, 5.74) is 1.65. The van der Waals surface area contributed by atoms with Crippen molar-refractivity contribution in [3.63, 3.8) is 0 Å². The van der Waals surface area contributed by atoms with Crippen LogP contribution in [0.25, 0.3) is 10.6 Å². The van der Waals surface area contributed by atoms with Crippen LogP contribution >= 0.6 is 11.3 Å². The zero-order valence-electron chi connectivity index (χ0n) is 14.0. The van der Waals surface area contributed by atoms with Crippen molar-refractivity contribution >= 4 is 23.2 Å². The van der Waals surface area contributed by atoms with Gasteiger partial charge in [0.15, 0.2) is 0 Å². The number of hydrogen-bond donors (Lipinski definition) is 1. The third-order valence-corrected chi connectivity index (χ3v) is 5.34. The van der Waals surface area contributed by atoms with Crippen LogP contribution in [0, 0.1) is 5.92 Å². The third-order valence-electron chi connectivity index (χ3n) is 4.42. The molecule has 25 heavy (non-hydrogen) atoms. The van der Waals surface area contributed by atoms with Crippen molar-refractivity contribution in [2.24, 2.45) is 5.92 Å². The number of amides is 1. The molecular weight excluding hydrogens is 340 g/mol. The number of hydrogen-bond acceptors (Lipinski definition) is 5. The van der Waals surface area contributed by atoms with Crippen LogP contribution in [0.4, 0.5) is 0 Å². The zero-order chi connectivity index (χ0) is 17.8. The first-order chi connectivity index (χ1) is 12.1. The Hall–Kier alpha value is -2.41. The van der Waals surface area contributed by atoms with Crippen molar-refractivity contribution in [3.8, 4) is 16.3 Å². The molecule has 1 aromatic carbocycles. The Morgan fingerprint density at radius 2 is 2.04 bits per heavy atom. The van der Waals surface area contributed by atoms with Crippen LogP contribution in [0.3, 0.4) is 0 Å². The fourth-order valence-corrected chi connectivity index (χ4v) is 3.83. The van der Waals surface area contributed by atoms with Crippen molar-refractivity contribution in [1.82, 2.24) is 9.88 Å². The van der Waals surface area contributed by atoms with Gasteiger partial charge in [0, 0.05) is 18.5 Å². The molecule has 1 aliphatic heterocycles. The van der Waals surface area contributed by atoms with Gasteiger partial charge in [-0.15, -0.1) is 11.3 Å². The molecule has 2 heterocycles. The zero-order valence-corrected chi connectivity index (χ0v) is 14.8. The predicted molar refractivity (Wildman–Crippen MR) is 94.7 cm³/mol. The second-order valence-electron chi connectivity index (χ2n) is 6.01. The van der Waals surface area contributed by atoms with Crippen molar-refractivity contribution in [1.29, 1.82) is 0 Å². The summed E-state index contributed by atoms with van der Waals surface area (Å²) in [6.07, 6.45) is 1.28. The molecule has 132 valence electrons. The summed E-state index contributed by atoms with van der Waals surface area (Å²) in [6.45, 7) is 0.999. The standard InChI is InChI=1S/C18H20N2O4S/c1-24-15-5-3-2-4-14(15)17-19-13(11-25-17)10-16(21)20-8-6-12(7-9-20)18(22)23/h2-5,11-12H,6-10H2,1H3,(H,22,23). The molecule has 1 N–H and O–H groups in total. The molecule has 3 rings (SSSR count). The quantitative estimate of drug-likeness (QED) is 0.887. The highest BCUT2D eigenvalue weighted by molar-refractivity contribution is 7.13. The number of ether oxygens (including phenoxy) is 1. The highest BCUT2D eigenvalue weighted by atomic mass is 32.1. The molecule has 0 atom stereocenters. The smallest absolute Gasteiger partial charge is 0.306 e. The molecule has 1 aliphatic rings. The molecule has 0 bridgehead atoms. The molecule has 0 radical (unpaired) electrons. The minimum absolute atomic E-state index is 0.000662.